The molecule has 1 heterocycles. The van der Waals surface area contributed by atoms with Gasteiger partial charge in [0.2, 0.25) is 11.8 Å². The van der Waals surface area contributed by atoms with E-state index in [1.807, 2.05) is 18.7 Å². The second-order valence-corrected chi connectivity index (χ2v) is 7.42. The van der Waals surface area contributed by atoms with E-state index < -0.39 is 0 Å². The Kier molecular flexibility index (Phi) is 3.30. The van der Waals surface area contributed by atoms with Gasteiger partial charge in [-0.25, -0.2) is 0 Å². The zero-order chi connectivity index (χ0) is 14.5. The molecule has 2 aliphatic carbocycles. The second kappa shape index (κ2) is 4.74. The van der Waals surface area contributed by atoms with Crippen molar-refractivity contribution in [2.24, 2.45) is 11.8 Å². The van der Waals surface area contributed by atoms with Crippen LogP contribution in [-0.2, 0) is 9.59 Å². The molecule has 1 N–H and O–H groups in total. The summed E-state index contributed by atoms with van der Waals surface area (Å²) in [5.41, 5.74) is -0.114. The number of piperazine rings is 1. The predicted molar refractivity (Wildman–Crippen MR) is 77.0 cm³/mol. The molecule has 0 spiro atoms. The van der Waals surface area contributed by atoms with Crippen LogP contribution in [0.25, 0.3) is 0 Å². The molecule has 3 fully saturated rings. The number of hydrogen-bond donors (Lipinski definition) is 1. The van der Waals surface area contributed by atoms with E-state index in [2.05, 4.69) is 12.2 Å². The lowest BCUT2D eigenvalue weighted by Crippen LogP contribution is -2.70. The Balaban J connectivity index is 1.94. The molecule has 0 aromatic carbocycles. The van der Waals surface area contributed by atoms with Crippen LogP contribution in [0.3, 0.4) is 0 Å². The first kappa shape index (κ1) is 13.9. The minimum Gasteiger partial charge on any atom is -0.342 e. The van der Waals surface area contributed by atoms with Crippen LogP contribution in [0.15, 0.2) is 0 Å². The van der Waals surface area contributed by atoms with E-state index in [0.717, 1.165) is 25.7 Å². The summed E-state index contributed by atoms with van der Waals surface area (Å²) < 4.78 is 0. The third kappa shape index (κ3) is 2.13. The number of nitrogens with one attached hydrogen (secondary N) is 1. The van der Waals surface area contributed by atoms with Crippen molar-refractivity contribution in [3.63, 3.8) is 0 Å². The van der Waals surface area contributed by atoms with Crippen LogP contribution in [0.2, 0.25) is 0 Å². The molecule has 112 valence electrons. The lowest BCUT2D eigenvalue weighted by Gasteiger charge is -2.49. The molecule has 2 amide bonds. The highest BCUT2D eigenvalue weighted by Gasteiger charge is 2.53. The maximum absolute atomic E-state index is 13.0. The number of nitrogens with zero attached hydrogens (tertiary/aromatic N) is 1. The number of hydrogen-bond acceptors (Lipinski definition) is 2. The minimum atomic E-state index is -0.291. The summed E-state index contributed by atoms with van der Waals surface area (Å²) in [4.78, 5) is 27.5. The van der Waals surface area contributed by atoms with Gasteiger partial charge in [0, 0.05) is 5.54 Å². The highest BCUT2D eigenvalue weighted by atomic mass is 16.2. The molecule has 1 saturated heterocycles. The van der Waals surface area contributed by atoms with E-state index in [4.69, 9.17) is 0 Å². The molecule has 0 aromatic rings. The Morgan fingerprint density at radius 1 is 1.20 bits per heavy atom. The zero-order valence-electron chi connectivity index (χ0n) is 12.8. The van der Waals surface area contributed by atoms with Crippen LogP contribution < -0.4 is 5.32 Å². The summed E-state index contributed by atoms with van der Waals surface area (Å²) in [5, 5.41) is 3.00. The average molecular weight is 278 g/mol. The summed E-state index contributed by atoms with van der Waals surface area (Å²) in [6.07, 6.45) is 6.56. The Labute approximate surface area is 121 Å². The number of carbonyl (C=O) groups is 2. The minimum absolute atomic E-state index is 0.0598. The van der Waals surface area contributed by atoms with Gasteiger partial charge in [0.25, 0.3) is 0 Å². The SMILES string of the molecule is CC(C)C1C(=O)NC(C2CC2)C(=O)N1C1(C)CCCC1. The van der Waals surface area contributed by atoms with Gasteiger partial charge in [-0.05, 0) is 44.4 Å². The Morgan fingerprint density at radius 2 is 1.80 bits per heavy atom. The van der Waals surface area contributed by atoms with Gasteiger partial charge in [-0.15, -0.1) is 0 Å². The van der Waals surface area contributed by atoms with E-state index >= 15 is 0 Å². The van der Waals surface area contributed by atoms with E-state index in [1.54, 1.807) is 0 Å². The molecule has 2 atom stereocenters. The monoisotopic (exact) mass is 278 g/mol. The molecule has 4 heteroatoms. The molecular weight excluding hydrogens is 252 g/mol. The normalized spacial score (nSPS) is 33.7. The fraction of sp³-hybridized carbons (Fsp3) is 0.875. The summed E-state index contributed by atoms with van der Waals surface area (Å²) >= 11 is 0. The third-order valence-electron chi connectivity index (χ3n) is 5.34. The summed E-state index contributed by atoms with van der Waals surface area (Å²) in [6, 6.07) is -0.546. The maximum Gasteiger partial charge on any atom is 0.246 e. The highest BCUT2D eigenvalue weighted by molar-refractivity contribution is 5.98. The van der Waals surface area contributed by atoms with Gasteiger partial charge >= 0.3 is 0 Å². The summed E-state index contributed by atoms with van der Waals surface area (Å²) in [6.45, 7) is 6.26. The lowest BCUT2D eigenvalue weighted by molar-refractivity contribution is -0.159. The van der Waals surface area contributed by atoms with Gasteiger partial charge in [-0.3, -0.25) is 9.59 Å². The fourth-order valence-corrected chi connectivity index (χ4v) is 4.03. The zero-order valence-corrected chi connectivity index (χ0v) is 12.8. The first-order chi connectivity index (χ1) is 9.44. The van der Waals surface area contributed by atoms with Crippen LogP contribution in [0.1, 0.15) is 59.3 Å². The van der Waals surface area contributed by atoms with Crippen LogP contribution in [0.5, 0.6) is 0 Å². The maximum atomic E-state index is 13.0. The first-order valence-electron chi connectivity index (χ1n) is 8.07. The highest BCUT2D eigenvalue weighted by Crippen LogP contribution is 2.42. The number of carbonyl (C=O) groups excluding carboxylic acids is 2. The van der Waals surface area contributed by atoms with Gasteiger partial charge in [0.05, 0.1) is 0 Å². The van der Waals surface area contributed by atoms with E-state index in [9.17, 15) is 9.59 Å². The van der Waals surface area contributed by atoms with E-state index in [0.29, 0.717) is 5.92 Å². The molecule has 0 bridgehead atoms. The fourth-order valence-electron chi connectivity index (χ4n) is 4.03. The van der Waals surface area contributed by atoms with Crippen LogP contribution in [-0.4, -0.2) is 34.3 Å². The molecule has 0 radical (unpaired) electrons. The van der Waals surface area contributed by atoms with Crippen molar-refractivity contribution in [1.29, 1.82) is 0 Å². The number of amides is 2. The molecule has 1 aliphatic heterocycles. The quantitative estimate of drug-likeness (QED) is 0.859. The molecule has 4 nitrogen and oxygen atoms in total. The van der Waals surface area contributed by atoms with Gasteiger partial charge in [0.1, 0.15) is 12.1 Å². The smallest absolute Gasteiger partial charge is 0.246 e. The van der Waals surface area contributed by atoms with Gasteiger partial charge in [-0.1, -0.05) is 26.7 Å². The van der Waals surface area contributed by atoms with Crippen molar-refractivity contribution in [1.82, 2.24) is 10.2 Å². The Bertz CT molecular complexity index is 422. The molecule has 20 heavy (non-hydrogen) atoms. The largest absolute Gasteiger partial charge is 0.342 e. The Morgan fingerprint density at radius 3 is 2.30 bits per heavy atom. The topological polar surface area (TPSA) is 49.4 Å². The van der Waals surface area contributed by atoms with Crippen LogP contribution in [0.4, 0.5) is 0 Å². The van der Waals surface area contributed by atoms with Crippen molar-refractivity contribution in [3.05, 3.63) is 0 Å². The average Bonchev–Trinajstić information content (AvgIpc) is 3.13. The summed E-state index contributed by atoms with van der Waals surface area (Å²) in [7, 11) is 0. The molecule has 2 saturated carbocycles. The van der Waals surface area contributed by atoms with Gasteiger partial charge in [0.15, 0.2) is 0 Å². The first-order valence-corrected chi connectivity index (χ1v) is 8.07. The van der Waals surface area contributed by atoms with Gasteiger partial charge < -0.3 is 10.2 Å². The van der Waals surface area contributed by atoms with Crippen molar-refractivity contribution in [3.8, 4) is 0 Å². The van der Waals surface area contributed by atoms with E-state index in [1.165, 1.54) is 12.8 Å². The van der Waals surface area contributed by atoms with Gasteiger partial charge in [-0.2, -0.15) is 0 Å². The molecule has 2 unspecified atom stereocenters. The molecule has 3 rings (SSSR count). The summed E-state index contributed by atoms with van der Waals surface area (Å²) in [5.74, 6) is 0.781. The second-order valence-electron chi connectivity index (χ2n) is 7.42. The molecule has 0 aromatic heterocycles. The van der Waals surface area contributed by atoms with Crippen molar-refractivity contribution >= 4 is 11.8 Å². The predicted octanol–water partition coefficient (Wildman–Crippen LogP) is 2.08. The van der Waals surface area contributed by atoms with Crippen molar-refractivity contribution in [2.75, 3.05) is 0 Å². The molecular formula is C16H26N2O2. The van der Waals surface area contributed by atoms with Crippen molar-refractivity contribution < 1.29 is 9.59 Å². The lowest BCUT2D eigenvalue weighted by atomic mass is 9.87. The van der Waals surface area contributed by atoms with E-state index in [-0.39, 0.29) is 35.4 Å². The molecule has 3 aliphatic rings. The third-order valence-corrected chi connectivity index (χ3v) is 5.34. The van der Waals surface area contributed by atoms with Crippen LogP contribution in [0, 0.1) is 11.8 Å². The standard InChI is InChI=1S/C16H26N2O2/c1-10(2)13-14(19)17-12(11-6-7-11)15(20)18(13)16(3)8-4-5-9-16/h10-13H,4-9H2,1-3H3,(H,17,19). The number of rotatable bonds is 3. The van der Waals surface area contributed by atoms with Crippen molar-refractivity contribution in [2.45, 2.75) is 76.9 Å². The Hall–Kier alpha value is -1.06. The van der Waals surface area contributed by atoms with Crippen LogP contribution >= 0.6 is 0 Å².